The fourth-order valence-electron chi connectivity index (χ4n) is 4.20. The molecule has 2 aromatic heterocycles. The van der Waals surface area contributed by atoms with Gasteiger partial charge in [-0.3, -0.25) is 0 Å². The molecule has 1 saturated carbocycles. The van der Waals surface area contributed by atoms with Gasteiger partial charge in [0.25, 0.3) is 0 Å². The summed E-state index contributed by atoms with van der Waals surface area (Å²) in [6, 6.07) is 4.28. The number of fused-ring (bicyclic) bond motifs is 2. The van der Waals surface area contributed by atoms with E-state index in [0.29, 0.717) is 34.5 Å². The van der Waals surface area contributed by atoms with Crippen molar-refractivity contribution in [3.8, 4) is 5.75 Å². The van der Waals surface area contributed by atoms with E-state index in [1.807, 2.05) is 0 Å². The van der Waals surface area contributed by atoms with Crippen LogP contribution < -0.4 is 10.5 Å². The highest BCUT2D eigenvalue weighted by Crippen LogP contribution is 2.58. The van der Waals surface area contributed by atoms with Crippen molar-refractivity contribution in [1.29, 1.82) is 0 Å². The van der Waals surface area contributed by atoms with Crippen LogP contribution in [0.3, 0.4) is 0 Å². The lowest BCUT2D eigenvalue weighted by molar-refractivity contribution is 0.268. The molecule has 1 aliphatic heterocycles. The summed E-state index contributed by atoms with van der Waals surface area (Å²) in [7, 11) is 1.53. The van der Waals surface area contributed by atoms with Gasteiger partial charge in [0.1, 0.15) is 29.8 Å². The predicted molar refractivity (Wildman–Crippen MR) is 112 cm³/mol. The van der Waals surface area contributed by atoms with Gasteiger partial charge in [0.05, 0.1) is 24.5 Å². The van der Waals surface area contributed by atoms with Crippen molar-refractivity contribution < 1.29 is 17.9 Å². The fraction of sp³-hybridized carbons (Fsp3) is 0.333. The Kier molecular flexibility index (Phi) is 4.76. The molecule has 1 fully saturated rings. The predicted octanol–water partition coefficient (Wildman–Crippen LogP) is 3.52. The maximum atomic E-state index is 14.9. The zero-order chi connectivity index (χ0) is 21.8. The van der Waals surface area contributed by atoms with Gasteiger partial charge in [0.15, 0.2) is 16.8 Å². The number of aromatic nitrogens is 3. The van der Waals surface area contributed by atoms with E-state index < -0.39 is 23.8 Å². The number of pyridine rings is 1. The number of hydrogen-bond acceptors (Lipinski definition) is 7. The summed E-state index contributed by atoms with van der Waals surface area (Å²) in [5.74, 6) is -1.82. The average Bonchev–Trinajstić information content (AvgIpc) is 3.55. The first-order valence-electron chi connectivity index (χ1n) is 9.65. The van der Waals surface area contributed by atoms with Crippen LogP contribution in [-0.2, 0) is 12.0 Å². The van der Waals surface area contributed by atoms with E-state index in [-0.39, 0.29) is 28.3 Å². The molecule has 0 bridgehead atoms. The van der Waals surface area contributed by atoms with Gasteiger partial charge < -0.3 is 10.5 Å². The van der Waals surface area contributed by atoms with Crippen molar-refractivity contribution >= 4 is 28.0 Å². The molecular formula is C21H18F3N5OS. The Balaban J connectivity index is 1.59. The van der Waals surface area contributed by atoms with Crippen LogP contribution in [0.4, 0.5) is 13.2 Å². The number of thioether (sulfide) groups is 1. The van der Waals surface area contributed by atoms with Gasteiger partial charge in [-0.25, -0.2) is 33.1 Å². The molecule has 3 heterocycles. The Morgan fingerprint density at radius 3 is 2.84 bits per heavy atom. The summed E-state index contributed by atoms with van der Waals surface area (Å²) in [5.41, 5.74) is 6.32. The van der Waals surface area contributed by atoms with Gasteiger partial charge in [-0.1, -0.05) is 11.8 Å². The van der Waals surface area contributed by atoms with Gasteiger partial charge in [0, 0.05) is 29.2 Å². The van der Waals surface area contributed by atoms with E-state index in [1.54, 1.807) is 6.07 Å². The highest BCUT2D eigenvalue weighted by Gasteiger charge is 2.58. The van der Waals surface area contributed by atoms with Crippen molar-refractivity contribution in [2.45, 2.75) is 23.6 Å². The first-order valence-corrected chi connectivity index (χ1v) is 10.5. The monoisotopic (exact) mass is 445 g/mol. The molecule has 2 N–H and O–H groups in total. The summed E-state index contributed by atoms with van der Waals surface area (Å²) in [5, 5.41) is 0.269. The van der Waals surface area contributed by atoms with Crippen molar-refractivity contribution in [3.05, 3.63) is 59.2 Å². The first-order chi connectivity index (χ1) is 14.9. The molecule has 3 atom stereocenters. The van der Waals surface area contributed by atoms with E-state index in [9.17, 15) is 13.2 Å². The number of ether oxygens (including phenoxy) is 1. The Labute approximate surface area is 180 Å². The van der Waals surface area contributed by atoms with Crippen molar-refractivity contribution in [2.75, 3.05) is 13.8 Å². The molecule has 6 nitrogen and oxygen atoms in total. The van der Waals surface area contributed by atoms with E-state index in [2.05, 4.69) is 19.9 Å². The summed E-state index contributed by atoms with van der Waals surface area (Å²) in [6.07, 6.45) is 3.73. The third-order valence-electron chi connectivity index (χ3n) is 5.82. The minimum absolute atomic E-state index is 0.0735. The average molecular weight is 445 g/mol. The van der Waals surface area contributed by atoms with Crippen LogP contribution in [0.1, 0.15) is 23.2 Å². The standard InChI is InChI=1S/C21H18F3N5OS/c1-30-11-5-16-19(26-7-11)15(27-9-28-16)4-10-2-13(18(24)14(23)3-10)21(8-22)12-6-17(12)31-20(25)29-21/h2-3,5,7,9,12,17H,4,6,8H2,1H3,(H2,25,29)/t12-,17+,21+/m1/s1. The van der Waals surface area contributed by atoms with Gasteiger partial charge in [-0.05, 0) is 24.1 Å². The van der Waals surface area contributed by atoms with Gasteiger partial charge in [0.2, 0.25) is 0 Å². The Morgan fingerprint density at radius 2 is 2.06 bits per heavy atom. The van der Waals surface area contributed by atoms with Gasteiger partial charge in [-0.2, -0.15) is 0 Å². The Hall–Kier alpha value is -2.88. The zero-order valence-electron chi connectivity index (χ0n) is 16.5. The van der Waals surface area contributed by atoms with Crippen molar-refractivity contribution in [1.82, 2.24) is 15.0 Å². The zero-order valence-corrected chi connectivity index (χ0v) is 17.3. The summed E-state index contributed by atoms with van der Waals surface area (Å²) in [6.45, 7) is -0.951. The second kappa shape index (κ2) is 7.37. The van der Waals surface area contributed by atoms with E-state index in [1.165, 1.54) is 37.5 Å². The molecule has 31 heavy (non-hydrogen) atoms. The minimum atomic E-state index is -1.50. The highest BCUT2D eigenvalue weighted by molar-refractivity contribution is 8.14. The largest absolute Gasteiger partial charge is 0.495 e. The molecule has 2 aliphatic rings. The molecule has 3 aromatic rings. The number of aliphatic imine (C=N–C) groups is 1. The van der Waals surface area contributed by atoms with E-state index in [4.69, 9.17) is 10.5 Å². The van der Waals surface area contributed by atoms with Crippen molar-refractivity contribution in [2.24, 2.45) is 16.6 Å². The summed E-state index contributed by atoms with van der Waals surface area (Å²) >= 11 is 1.36. The molecule has 0 radical (unpaired) electrons. The number of nitrogens with zero attached hydrogens (tertiary/aromatic N) is 4. The maximum absolute atomic E-state index is 14.9. The van der Waals surface area contributed by atoms with E-state index in [0.717, 1.165) is 6.07 Å². The molecule has 10 heteroatoms. The van der Waals surface area contributed by atoms with E-state index >= 15 is 0 Å². The molecule has 5 rings (SSSR count). The van der Waals surface area contributed by atoms with Crippen LogP contribution in [0.15, 0.2) is 35.7 Å². The normalized spacial score (nSPS) is 24.6. The molecule has 1 aliphatic carbocycles. The van der Waals surface area contributed by atoms with Crippen LogP contribution >= 0.6 is 11.8 Å². The highest BCUT2D eigenvalue weighted by atomic mass is 32.2. The Bertz CT molecular complexity index is 1220. The first kappa shape index (κ1) is 20.0. The van der Waals surface area contributed by atoms with Crippen LogP contribution in [-0.4, -0.2) is 39.2 Å². The van der Waals surface area contributed by atoms with Gasteiger partial charge >= 0.3 is 0 Å². The number of benzene rings is 1. The number of methoxy groups -OCH3 is 1. The molecule has 0 unspecified atom stereocenters. The number of hydrogen-bond donors (Lipinski definition) is 1. The van der Waals surface area contributed by atoms with Crippen LogP contribution in [0.5, 0.6) is 5.75 Å². The fourth-order valence-corrected chi connectivity index (χ4v) is 5.42. The minimum Gasteiger partial charge on any atom is -0.495 e. The second-order valence-electron chi connectivity index (χ2n) is 7.69. The van der Waals surface area contributed by atoms with Gasteiger partial charge in [-0.15, -0.1) is 0 Å². The summed E-state index contributed by atoms with van der Waals surface area (Å²) < 4.78 is 49.0. The molecule has 160 valence electrons. The lowest BCUT2D eigenvalue weighted by atomic mass is 9.84. The SMILES string of the molecule is COc1cnc2c(Cc3cc(F)c(F)c([C@@]4(CF)N=C(N)S[C@H]5C[C@H]54)c3)ncnc2c1. The second-order valence-corrected chi connectivity index (χ2v) is 8.95. The molecule has 0 saturated heterocycles. The number of halogens is 3. The molecular weight excluding hydrogens is 427 g/mol. The topological polar surface area (TPSA) is 86.3 Å². The number of nitrogens with two attached hydrogens (primary N) is 1. The Morgan fingerprint density at radius 1 is 1.23 bits per heavy atom. The smallest absolute Gasteiger partial charge is 0.164 e. The van der Waals surface area contributed by atoms with Crippen molar-refractivity contribution in [3.63, 3.8) is 0 Å². The third kappa shape index (κ3) is 3.29. The van der Waals surface area contributed by atoms with Crippen LogP contribution in [0, 0.1) is 17.6 Å². The molecule has 1 aromatic carbocycles. The number of alkyl halides is 1. The van der Waals surface area contributed by atoms with Crippen LogP contribution in [0.2, 0.25) is 0 Å². The maximum Gasteiger partial charge on any atom is 0.164 e. The third-order valence-corrected chi connectivity index (χ3v) is 6.98. The lowest BCUT2D eigenvalue weighted by Crippen LogP contribution is -2.37. The molecule has 0 spiro atoms. The quantitative estimate of drug-likeness (QED) is 0.647. The lowest BCUT2D eigenvalue weighted by Gasteiger charge is -2.32. The number of rotatable bonds is 5. The molecule has 0 amide bonds. The summed E-state index contributed by atoms with van der Waals surface area (Å²) in [4.78, 5) is 17.1. The van der Waals surface area contributed by atoms with Crippen LogP contribution in [0.25, 0.3) is 11.0 Å². The number of amidine groups is 1.